The summed E-state index contributed by atoms with van der Waals surface area (Å²) in [5, 5.41) is 9.25. The second-order valence-corrected chi connectivity index (χ2v) is 5.58. The van der Waals surface area contributed by atoms with Crippen molar-refractivity contribution in [3.8, 4) is 41.2 Å². The summed E-state index contributed by atoms with van der Waals surface area (Å²) in [5.41, 5.74) is 2.23. The van der Waals surface area contributed by atoms with Gasteiger partial charge in [-0.2, -0.15) is 0 Å². The molecule has 3 rings (SSSR count). The summed E-state index contributed by atoms with van der Waals surface area (Å²) in [5.74, 6) is 0.135. The van der Waals surface area contributed by atoms with Crippen molar-refractivity contribution in [2.75, 3.05) is 0 Å². The Morgan fingerprint density at radius 3 is 1.57 bits per heavy atom. The highest BCUT2D eigenvalue weighted by atomic mass is 16.5. The van der Waals surface area contributed by atoms with Crippen LogP contribution < -0.4 is 9.47 Å². The molecule has 140 valence electrons. The SMILES string of the molecule is C#C.CC(=O)Oc1ccc(-c2ccc(OC(=O)c3ccc(O)cc3)cc2)cc1. The summed E-state index contributed by atoms with van der Waals surface area (Å²) in [6.45, 7) is 1.35. The largest absolute Gasteiger partial charge is 0.508 e. The average molecular weight is 374 g/mol. The van der Waals surface area contributed by atoms with Gasteiger partial charge in [0.1, 0.15) is 17.2 Å². The van der Waals surface area contributed by atoms with Crippen LogP contribution in [0.1, 0.15) is 17.3 Å². The Balaban J connectivity index is 0.00000136. The van der Waals surface area contributed by atoms with Crippen LogP contribution in [0.5, 0.6) is 17.2 Å². The van der Waals surface area contributed by atoms with Crippen LogP contribution in [-0.2, 0) is 4.79 Å². The quantitative estimate of drug-likeness (QED) is 0.415. The third-order valence-corrected chi connectivity index (χ3v) is 3.62. The lowest BCUT2D eigenvalue weighted by molar-refractivity contribution is -0.131. The highest BCUT2D eigenvalue weighted by Crippen LogP contribution is 2.25. The zero-order chi connectivity index (χ0) is 20.5. The highest BCUT2D eigenvalue weighted by molar-refractivity contribution is 5.91. The molecule has 0 saturated heterocycles. The summed E-state index contributed by atoms with van der Waals surface area (Å²) in [6.07, 6.45) is 8.00. The first-order valence-electron chi connectivity index (χ1n) is 8.25. The van der Waals surface area contributed by atoms with Crippen molar-refractivity contribution in [2.24, 2.45) is 0 Å². The molecule has 1 N–H and O–H groups in total. The van der Waals surface area contributed by atoms with E-state index < -0.39 is 5.97 Å². The second-order valence-electron chi connectivity index (χ2n) is 5.58. The van der Waals surface area contributed by atoms with Crippen LogP contribution in [0.15, 0.2) is 72.8 Å². The van der Waals surface area contributed by atoms with Crippen LogP contribution in [0.3, 0.4) is 0 Å². The second kappa shape index (κ2) is 9.60. The Bertz CT molecular complexity index is 953. The van der Waals surface area contributed by atoms with Gasteiger partial charge in [-0.1, -0.05) is 24.3 Å². The average Bonchev–Trinajstić information content (AvgIpc) is 2.71. The lowest BCUT2D eigenvalue weighted by Crippen LogP contribution is -2.07. The summed E-state index contributed by atoms with van der Waals surface area (Å²) < 4.78 is 10.3. The molecule has 0 aliphatic heterocycles. The van der Waals surface area contributed by atoms with Crippen molar-refractivity contribution >= 4 is 11.9 Å². The number of hydrogen-bond acceptors (Lipinski definition) is 5. The zero-order valence-corrected chi connectivity index (χ0v) is 15.2. The van der Waals surface area contributed by atoms with Gasteiger partial charge in [0.25, 0.3) is 0 Å². The molecule has 0 aliphatic carbocycles. The van der Waals surface area contributed by atoms with Gasteiger partial charge in [-0.25, -0.2) is 4.79 Å². The molecule has 28 heavy (non-hydrogen) atoms. The maximum Gasteiger partial charge on any atom is 0.343 e. The lowest BCUT2D eigenvalue weighted by Gasteiger charge is -2.07. The predicted octanol–water partition coefficient (Wildman–Crippen LogP) is 4.45. The molecule has 0 unspecified atom stereocenters. The molecule has 0 spiro atoms. The minimum atomic E-state index is -0.497. The van der Waals surface area contributed by atoms with Crippen LogP contribution in [0.25, 0.3) is 11.1 Å². The monoisotopic (exact) mass is 374 g/mol. The maximum absolute atomic E-state index is 12.1. The number of carbonyl (C=O) groups excluding carboxylic acids is 2. The highest BCUT2D eigenvalue weighted by Gasteiger charge is 2.09. The summed E-state index contributed by atoms with van der Waals surface area (Å²) in [4.78, 5) is 23.0. The molecule has 0 heterocycles. The van der Waals surface area contributed by atoms with Crippen molar-refractivity contribution in [3.63, 3.8) is 0 Å². The molecular weight excluding hydrogens is 356 g/mol. The van der Waals surface area contributed by atoms with Crippen LogP contribution in [0.2, 0.25) is 0 Å². The van der Waals surface area contributed by atoms with E-state index in [1.807, 2.05) is 24.3 Å². The summed E-state index contributed by atoms with van der Waals surface area (Å²) in [7, 11) is 0. The first kappa shape index (κ1) is 20.3. The van der Waals surface area contributed by atoms with Gasteiger partial charge >= 0.3 is 11.9 Å². The molecule has 0 aromatic heterocycles. The maximum atomic E-state index is 12.1. The van der Waals surface area contributed by atoms with E-state index in [2.05, 4.69) is 12.8 Å². The molecular formula is C23H18O5. The van der Waals surface area contributed by atoms with Gasteiger partial charge < -0.3 is 14.6 Å². The number of ether oxygens (including phenoxy) is 2. The van der Waals surface area contributed by atoms with Crippen molar-refractivity contribution in [2.45, 2.75) is 6.92 Å². The fraction of sp³-hybridized carbons (Fsp3) is 0.0435. The number of rotatable bonds is 4. The van der Waals surface area contributed by atoms with E-state index in [1.165, 1.54) is 31.2 Å². The molecule has 0 atom stereocenters. The molecule has 0 saturated carbocycles. The minimum absolute atomic E-state index is 0.0885. The number of esters is 2. The topological polar surface area (TPSA) is 72.8 Å². The number of carbonyl (C=O) groups is 2. The van der Waals surface area contributed by atoms with Gasteiger partial charge in [0.2, 0.25) is 0 Å². The molecule has 0 aliphatic rings. The van der Waals surface area contributed by atoms with E-state index >= 15 is 0 Å². The van der Waals surface area contributed by atoms with Crippen LogP contribution >= 0.6 is 0 Å². The molecule has 0 bridgehead atoms. The number of aromatic hydroxyl groups is 1. The van der Waals surface area contributed by atoms with E-state index in [4.69, 9.17) is 9.47 Å². The number of phenolic OH excluding ortho intramolecular Hbond substituents is 1. The molecule has 3 aromatic carbocycles. The van der Waals surface area contributed by atoms with E-state index in [-0.39, 0.29) is 11.7 Å². The molecule has 5 heteroatoms. The van der Waals surface area contributed by atoms with Crippen molar-refractivity contribution < 1.29 is 24.2 Å². The normalized spacial score (nSPS) is 9.54. The van der Waals surface area contributed by atoms with Crippen LogP contribution in [0.4, 0.5) is 0 Å². The van der Waals surface area contributed by atoms with Gasteiger partial charge in [0.05, 0.1) is 5.56 Å². The van der Waals surface area contributed by atoms with Gasteiger partial charge in [0, 0.05) is 6.92 Å². The standard InChI is InChI=1S/C21H16O5.C2H2/c1-14(22)25-19-10-4-15(5-11-19)16-6-12-20(13-7-16)26-21(24)17-2-8-18(23)9-3-17;1-2/h2-13,23H,1H3;1-2H. The van der Waals surface area contributed by atoms with Crippen LogP contribution in [-0.4, -0.2) is 17.0 Å². The molecule has 0 radical (unpaired) electrons. The predicted molar refractivity (Wildman–Crippen MR) is 106 cm³/mol. The zero-order valence-electron chi connectivity index (χ0n) is 15.2. The first-order chi connectivity index (χ1) is 13.5. The van der Waals surface area contributed by atoms with E-state index in [0.717, 1.165) is 11.1 Å². The van der Waals surface area contributed by atoms with Crippen molar-refractivity contribution in [1.82, 2.24) is 0 Å². The number of hydrogen-bond donors (Lipinski definition) is 1. The van der Waals surface area contributed by atoms with E-state index in [9.17, 15) is 14.7 Å². The van der Waals surface area contributed by atoms with Gasteiger partial charge in [-0.05, 0) is 59.7 Å². The van der Waals surface area contributed by atoms with Gasteiger partial charge in [-0.15, -0.1) is 12.8 Å². The fourth-order valence-corrected chi connectivity index (χ4v) is 2.36. The number of terminal acetylenes is 1. The summed E-state index contributed by atoms with van der Waals surface area (Å²) in [6, 6.07) is 20.0. The lowest BCUT2D eigenvalue weighted by atomic mass is 10.1. The minimum Gasteiger partial charge on any atom is -0.508 e. The Hall–Kier alpha value is -4.04. The van der Waals surface area contributed by atoms with Crippen molar-refractivity contribution in [3.05, 3.63) is 78.4 Å². The Morgan fingerprint density at radius 2 is 1.14 bits per heavy atom. The fourth-order valence-electron chi connectivity index (χ4n) is 2.36. The van der Waals surface area contributed by atoms with Crippen LogP contribution in [0, 0.1) is 12.8 Å². The molecule has 5 nitrogen and oxygen atoms in total. The Labute approximate surface area is 163 Å². The Morgan fingerprint density at radius 1 is 0.714 bits per heavy atom. The summed E-state index contributed by atoms with van der Waals surface area (Å²) >= 11 is 0. The van der Waals surface area contributed by atoms with E-state index in [0.29, 0.717) is 17.1 Å². The smallest absolute Gasteiger partial charge is 0.343 e. The number of phenols is 1. The molecule has 3 aromatic rings. The third kappa shape index (κ3) is 5.48. The Kier molecular flexibility index (Phi) is 6.95. The van der Waals surface area contributed by atoms with Crippen molar-refractivity contribution in [1.29, 1.82) is 0 Å². The van der Waals surface area contributed by atoms with E-state index in [1.54, 1.807) is 24.3 Å². The van der Waals surface area contributed by atoms with Gasteiger partial charge in [0.15, 0.2) is 0 Å². The third-order valence-electron chi connectivity index (χ3n) is 3.62. The number of benzene rings is 3. The van der Waals surface area contributed by atoms with Gasteiger partial charge in [-0.3, -0.25) is 4.79 Å². The molecule has 0 fully saturated rings. The first-order valence-corrected chi connectivity index (χ1v) is 8.25. The molecule has 0 amide bonds.